The molecule has 0 saturated heterocycles. The fraction of sp³-hybridized carbons (Fsp3) is 0.0833. The van der Waals surface area contributed by atoms with Gasteiger partial charge in [0.2, 0.25) is 5.88 Å². The van der Waals surface area contributed by atoms with Gasteiger partial charge in [-0.1, -0.05) is 0 Å². The third-order valence-electron chi connectivity index (χ3n) is 2.33. The number of aromatic nitrogens is 2. The summed E-state index contributed by atoms with van der Waals surface area (Å²) in [6, 6.07) is 3.70. The molecule has 5 nitrogen and oxygen atoms in total. The molecular formula is C12H9FN2O3. The molecule has 0 fully saturated rings. The predicted molar refractivity (Wildman–Crippen MR) is 60.9 cm³/mol. The Morgan fingerprint density at radius 2 is 2.06 bits per heavy atom. The Morgan fingerprint density at radius 3 is 2.72 bits per heavy atom. The summed E-state index contributed by atoms with van der Waals surface area (Å²) in [5, 5.41) is 8.86. The van der Waals surface area contributed by atoms with Gasteiger partial charge in [-0.15, -0.1) is 0 Å². The first kappa shape index (κ1) is 12.0. The van der Waals surface area contributed by atoms with Crippen molar-refractivity contribution >= 4 is 5.97 Å². The van der Waals surface area contributed by atoms with Crippen LogP contribution in [0.25, 0.3) is 11.3 Å². The van der Waals surface area contributed by atoms with Gasteiger partial charge in [0.25, 0.3) is 0 Å². The van der Waals surface area contributed by atoms with Crippen LogP contribution in [0.4, 0.5) is 4.39 Å². The zero-order valence-electron chi connectivity index (χ0n) is 9.42. The smallest absolute Gasteiger partial charge is 0.338 e. The Hall–Kier alpha value is -2.50. The zero-order chi connectivity index (χ0) is 13.1. The SMILES string of the molecule is COc1nccnc1-c1ccc(F)c(C(=O)O)c1. The van der Waals surface area contributed by atoms with Crippen molar-refractivity contribution in [2.75, 3.05) is 7.11 Å². The number of rotatable bonds is 3. The summed E-state index contributed by atoms with van der Waals surface area (Å²) in [4.78, 5) is 18.8. The maximum atomic E-state index is 13.3. The van der Waals surface area contributed by atoms with Gasteiger partial charge in [-0.05, 0) is 18.2 Å². The van der Waals surface area contributed by atoms with Crippen LogP contribution in [0, 0.1) is 5.82 Å². The molecule has 0 aliphatic heterocycles. The molecule has 1 aromatic heterocycles. The summed E-state index contributed by atoms with van der Waals surface area (Å²) in [5.41, 5.74) is 0.376. The molecule has 0 radical (unpaired) electrons. The zero-order valence-corrected chi connectivity index (χ0v) is 9.42. The van der Waals surface area contributed by atoms with Gasteiger partial charge in [0, 0.05) is 18.0 Å². The molecule has 18 heavy (non-hydrogen) atoms. The summed E-state index contributed by atoms with van der Waals surface area (Å²) in [5.74, 6) is -1.88. The van der Waals surface area contributed by atoms with E-state index in [0.29, 0.717) is 11.3 Å². The van der Waals surface area contributed by atoms with Gasteiger partial charge in [0.1, 0.15) is 11.5 Å². The summed E-state index contributed by atoms with van der Waals surface area (Å²) in [7, 11) is 1.43. The molecule has 1 N–H and O–H groups in total. The molecule has 0 spiro atoms. The van der Waals surface area contributed by atoms with E-state index in [1.807, 2.05) is 0 Å². The number of carbonyl (C=O) groups is 1. The van der Waals surface area contributed by atoms with Crippen LogP contribution in [0.1, 0.15) is 10.4 Å². The van der Waals surface area contributed by atoms with Gasteiger partial charge in [0.15, 0.2) is 0 Å². The van der Waals surface area contributed by atoms with Gasteiger partial charge in [0.05, 0.1) is 12.7 Å². The lowest BCUT2D eigenvalue weighted by atomic mass is 10.1. The van der Waals surface area contributed by atoms with Crippen LogP contribution < -0.4 is 4.74 Å². The number of ether oxygens (including phenoxy) is 1. The van der Waals surface area contributed by atoms with E-state index in [4.69, 9.17) is 9.84 Å². The number of nitrogens with zero attached hydrogens (tertiary/aromatic N) is 2. The maximum absolute atomic E-state index is 13.3. The monoisotopic (exact) mass is 248 g/mol. The molecule has 0 amide bonds. The molecule has 0 saturated carbocycles. The van der Waals surface area contributed by atoms with E-state index >= 15 is 0 Å². The molecule has 0 aliphatic carbocycles. The van der Waals surface area contributed by atoms with E-state index < -0.39 is 17.3 Å². The maximum Gasteiger partial charge on any atom is 0.338 e. The lowest BCUT2D eigenvalue weighted by Gasteiger charge is -2.06. The molecular weight excluding hydrogens is 239 g/mol. The molecule has 0 unspecified atom stereocenters. The minimum atomic E-state index is -1.34. The van der Waals surface area contributed by atoms with Crippen molar-refractivity contribution in [2.24, 2.45) is 0 Å². The predicted octanol–water partition coefficient (Wildman–Crippen LogP) is 1.99. The second-order valence-corrected chi connectivity index (χ2v) is 3.41. The summed E-state index contributed by atoms with van der Waals surface area (Å²) >= 11 is 0. The Balaban J connectivity index is 2.58. The van der Waals surface area contributed by atoms with Gasteiger partial charge in [-0.25, -0.2) is 19.2 Å². The first-order chi connectivity index (χ1) is 8.63. The van der Waals surface area contributed by atoms with Crippen LogP contribution in [0.5, 0.6) is 5.88 Å². The van der Waals surface area contributed by atoms with Crippen LogP contribution in [0.3, 0.4) is 0 Å². The molecule has 2 rings (SSSR count). The van der Waals surface area contributed by atoms with Gasteiger partial charge >= 0.3 is 5.97 Å². The molecule has 2 aromatic rings. The van der Waals surface area contributed by atoms with Crippen molar-refractivity contribution < 1.29 is 19.0 Å². The van der Waals surface area contributed by atoms with E-state index in [-0.39, 0.29) is 5.88 Å². The molecule has 1 aromatic carbocycles. The van der Waals surface area contributed by atoms with Crippen molar-refractivity contribution in [1.82, 2.24) is 9.97 Å². The highest BCUT2D eigenvalue weighted by atomic mass is 19.1. The Bertz CT molecular complexity index is 602. The number of carboxylic acids is 1. The van der Waals surface area contributed by atoms with Crippen molar-refractivity contribution in [3.05, 3.63) is 42.0 Å². The number of hydrogen-bond donors (Lipinski definition) is 1. The minimum absolute atomic E-state index is 0.250. The lowest BCUT2D eigenvalue weighted by molar-refractivity contribution is 0.0692. The first-order valence-electron chi connectivity index (χ1n) is 5.01. The number of carboxylic acid groups (broad SMARTS) is 1. The standard InChI is InChI=1S/C12H9FN2O3/c1-18-11-10(14-4-5-15-11)7-2-3-9(13)8(6-7)12(16)17/h2-6H,1H3,(H,16,17). The van der Waals surface area contributed by atoms with E-state index in [2.05, 4.69) is 9.97 Å². The third kappa shape index (κ3) is 2.13. The summed E-state index contributed by atoms with van der Waals surface area (Å²) in [6.45, 7) is 0. The number of hydrogen-bond acceptors (Lipinski definition) is 4. The van der Waals surface area contributed by atoms with E-state index in [1.165, 1.54) is 31.6 Å². The molecule has 92 valence electrons. The van der Waals surface area contributed by atoms with Crippen LogP contribution >= 0.6 is 0 Å². The van der Waals surface area contributed by atoms with E-state index in [1.54, 1.807) is 0 Å². The largest absolute Gasteiger partial charge is 0.479 e. The van der Waals surface area contributed by atoms with Crippen LogP contribution in [-0.2, 0) is 0 Å². The molecule has 0 bridgehead atoms. The summed E-state index contributed by atoms with van der Waals surface area (Å²) in [6.07, 6.45) is 2.89. The van der Waals surface area contributed by atoms with Crippen LogP contribution in [0.15, 0.2) is 30.6 Å². The van der Waals surface area contributed by atoms with E-state index in [0.717, 1.165) is 6.07 Å². The first-order valence-corrected chi connectivity index (χ1v) is 5.01. The van der Waals surface area contributed by atoms with Gasteiger partial charge in [-0.3, -0.25) is 0 Å². The van der Waals surface area contributed by atoms with Crippen molar-refractivity contribution in [3.63, 3.8) is 0 Å². The van der Waals surface area contributed by atoms with Gasteiger partial charge in [-0.2, -0.15) is 0 Å². The normalized spacial score (nSPS) is 10.1. The lowest BCUT2D eigenvalue weighted by Crippen LogP contribution is -2.01. The van der Waals surface area contributed by atoms with Crippen LogP contribution in [0.2, 0.25) is 0 Å². The second kappa shape index (κ2) is 4.79. The molecule has 0 aliphatic rings. The second-order valence-electron chi connectivity index (χ2n) is 3.41. The average Bonchev–Trinajstić information content (AvgIpc) is 2.39. The fourth-order valence-corrected chi connectivity index (χ4v) is 1.51. The molecule has 1 heterocycles. The Labute approximate surface area is 102 Å². The number of halogens is 1. The van der Waals surface area contributed by atoms with E-state index in [9.17, 15) is 9.18 Å². The highest BCUT2D eigenvalue weighted by Gasteiger charge is 2.14. The molecule has 6 heteroatoms. The Kier molecular flexibility index (Phi) is 3.18. The van der Waals surface area contributed by atoms with Crippen molar-refractivity contribution in [1.29, 1.82) is 0 Å². The topological polar surface area (TPSA) is 72.3 Å². The number of methoxy groups -OCH3 is 1. The Morgan fingerprint density at radius 1 is 1.33 bits per heavy atom. The molecule has 0 atom stereocenters. The fourth-order valence-electron chi connectivity index (χ4n) is 1.51. The number of benzene rings is 1. The number of aromatic carboxylic acids is 1. The minimum Gasteiger partial charge on any atom is -0.479 e. The highest BCUT2D eigenvalue weighted by Crippen LogP contribution is 2.26. The third-order valence-corrected chi connectivity index (χ3v) is 2.33. The average molecular weight is 248 g/mol. The van der Waals surface area contributed by atoms with Crippen molar-refractivity contribution in [2.45, 2.75) is 0 Å². The quantitative estimate of drug-likeness (QED) is 0.899. The summed E-state index contributed by atoms with van der Waals surface area (Å²) < 4.78 is 18.3. The highest BCUT2D eigenvalue weighted by molar-refractivity contribution is 5.89. The van der Waals surface area contributed by atoms with Crippen LogP contribution in [-0.4, -0.2) is 28.2 Å². The van der Waals surface area contributed by atoms with Gasteiger partial charge < -0.3 is 9.84 Å². The van der Waals surface area contributed by atoms with Crippen molar-refractivity contribution in [3.8, 4) is 17.1 Å².